The Kier molecular flexibility index (Phi) is 10.2. The first-order valence-corrected chi connectivity index (χ1v) is 8.92. The largest absolute Gasteiger partial charge is 0.489 e. The summed E-state index contributed by atoms with van der Waals surface area (Å²) in [6.45, 7) is 4.22. The van der Waals surface area contributed by atoms with Gasteiger partial charge in [-0.3, -0.25) is 4.99 Å². The van der Waals surface area contributed by atoms with Crippen LogP contribution in [0, 0.1) is 11.2 Å². The fourth-order valence-corrected chi connectivity index (χ4v) is 3.06. The summed E-state index contributed by atoms with van der Waals surface area (Å²) in [6, 6.07) is 6.19. The smallest absolute Gasteiger partial charge is 0.191 e. The van der Waals surface area contributed by atoms with Crippen molar-refractivity contribution in [1.82, 2.24) is 10.6 Å². The maximum atomic E-state index is 13.2. The number of aliphatic imine (C=N–C) groups is 1. The van der Waals surface area contributed by atoms with Crippen LogP contribution in [-0.4, -0.2) is 45.9 Å². The van der Waals surface area contributed by atoms with Crippen molar-refractivity contribution in [1.29, 1.82) is 0 Å². The fraction of sp³-hybridized carbons (Fsp3) is 0.632. The molecule has 26 heavy (non-hydrogen) atoms. The summed E-state index contributed by atoms with van der Waals surface area (Å²) in [6.07, 6.45) is 4.73. The molecule has 1 aliphatic carbocycles. The van der Waals surface area contributed by atoms with E-state index in [1.807, 2.05) is 6.92 Å². The molecule has 1 saturated carbocycles. The van der Waals surface area contributed by atoms with E-state index in [4.69, 9.17) is 9.47 Å². The summed E-state index contributed by atoms with van der Waals surface area (Å²) in [4.78, 5) is 4.27. The predicted octanol–water partition coefficient (Wildman–Crippen LogP) is 3.58. The Morgan fingerprint density at radius 3 is 2.69 bits per heavy atom. The van der Waals surface area contributed by atoms with Crippen LogP contribution in [0.2, 0.25) is 0 Å². The van der Waals surface area contributed by atoms with Crippen molar-refractivity contribution < 1.29 is 13.9 Å². The van der Waals surface area contributed by atoms with E-state index in [0.29, 0.717) is 17.7 Å². The van der Waals surface area contributed by atoms with Gasteiger partial charge < -0.3 is 20.1 Å². The molecule has 2 rings (SSSR count). The third-order valence-corrected chi connectivity index (χ3v) is 4.80. The number of ether oxygens (including phenoxy) is 2. The van der Waals surface area contributed by atoms with Crippen molar-refractivity contribution >= 4 is 29.9 Å². The fourth-order valence-electron chi connectivity index (χ4n) is 3.06. The molecule has 0 aromatic heterocycles. The molecule has 2 N–H and O–H groups in total. The molecule has 1 atom stereocenters. The number of halogens is 2. The van der Waals surface area contributed by atoms with Gasteiger partial charge in [0.1, 0.15) is 17.7 Å². The lowest BCUT2D eigenvalue weighted by atomic mass is 9.67. The molecule has 1 aromatic rings. The Morgan fingerprint density at radius 1 is 1.35 bits per heavy atom. The molecule has 7 heteroatoms. The standard InChI is InChI=1S/C19H30FN3O2.HI/c1-15(25-17-7-4-6-16(20)12-17)13-22-18(21-2)23-14-19(8-5-9-19)10-11-24-3;/h4,6-7,12,15H,5,8-11,13-14H2,1-3H3,(H2,21,22,23);1H. The van der Waals surface area contributed by atoms with Crippen LogP contribution in [0.25, 0.3) is 0 Å². The molecule has 5 nitrogen and oxygen atoms in total. The van der Waals surface area contributed by atoms with Gasteiger partial charge in [-0.1, -0.05) is 12.5 Å². The van der Waals surface area contributed by atoms with Crippen molar-refractivity contribution in [3.63, 3.8) is 0 Å². The normalized spacial score (nSPS) is 16.8. The monoisotopic (exact) mass is 479 g/mol. The molecule has 1 aromatic carbocycles. The molecule has 1 aliphatic rings. The number of hydrogen-bond donors (Lipinski definition) is 2. The summed E-state index contributed by atoms with van der Waals surface area (Å²) < 4.78 is 24.1. The average molecular weight is 479 g/mol. The molecule has 1 fully saturated rings. The van der Waals surface area contributed by atoms with Crippen LogP contribution in [0.15, 0.2) is 29.3 Å². The molecule has 0 heterocycles. The third kappa shape index (κ3) is 7.26. The van der Waals surface area contributed by atoms with Gasteiger partial charge in [0.15, 0.2) is 5.96 Å². The molecule has 0 aliphatic heterocycles. The topological polar surface area (TPSA) is 54.9 Å². The first-order chi connectivity index (χ1) is 12.1. The van der Waals surface area contributed by atoms with E-state index >= 15 is 0 Å². The zero-order valence-corrected chi connectivity index (χ0v) is 18.2. The second kappa shape index (κ2) is 11.6. The first kappa shape index (κ1) is 23.0. The molecule has 0 bridgehead atoms. The lowest BCUT2D eigenvalue weighted by Gasteiger charge is -2.42. The minimum Gasteiger partial charge on any atom is -0.489 e. The van der Waals surface area contributed by atoms with Crippen LogP contribution in [0.1, 0.15) is 32.6 Å². The minimum absolute atomic E-state index is 0. The molecule has 1 unspecified atom stereocenters. The summed E-state index contributed by atoms with van der Waals surface area (Å²) in [7, 11) is 3.51. The zero-order valence-electron chi connectivity index (χ0n) is 15.9. The van der Waals surface area contributed by atoms with E-state index in [1.54, 1.807) is 26.3 Å². The van der Waals surface area contributed by atoms with Crippen molar-refractivity contribution in [2.24, 2.45) is 10.4 Å². The molecular weight excluding hydrogens is 448 g/mol. The summed E-state index contributed by atoms with van der Waals surface area (Å²) in [5, 5.41) is 6.69. The van der Waals surface area contributed by atoms with Crippen LogP contribution >= 0.6 is 24.0 Å². The Bertz CT molecular complexity index is 567. The molecule has 0 saturated heterocycles. The minimum atomic E-state index is -0.294. The van der Waals surface area contributed by atoms with Crippen molar-refractivity contribution in [3.05, 3.63) is 30.1 Å². The van der Waals surface area contributed by atoms with E-state index < -0.39 is 0 Å². The highest BCUT2D eigenvalue weighted by atomic mass is 127. The third-order valence-electron chi connectivity index (χ3n) is 4.80. The number of nitrogens with one attached hydrogen (secondary N) is 2. The lowest BCUT2D eigenvalue weighted by molar-refractivity contribution is 0.0732. The highest BCUT2D eigenvalue weighted by Crippen LogP contribution is 2.43. The number of benzene rings is 1. The number of methoxy groups -OCH3 is 1. The van der Waals surface area contributed by atoms with Gasteiger partial charge in [0, 0.05) is 33.4 Å². The lowest BCUT2D eigenvalue weighted by Crippen LogP contribution is -2.48. The molecule has 148 valence electrons. The predicted molar refractivity (Wildman–Crippen MR) is 114 cm³/mol. The Hall–Kier alpha value is -1.09. The highest BCUT2D eigenvalue weighted by molar-refractivity contribution is 14.0. The maximum absolute atomic E-state index is 13.2. The van der Waals surface area contributed by atoms with Gasteiger partial charge in [-0.25, -0.2) is 4.39 Å². The van der Waals surface area contributed by atoms with Crippen LogP contribution in [-0.2, 0) is 4.74 Å². The molecule has 0 radical (unpaired) electrons. The Morgan fingerprint density at radius 2 is 2.12 bits per heavy atom. The van der Waals surface area contributed by atoms with Gasteiger partial charge in [0.25, 0.3) is 0 Å². The quantitative estimate of drug-likeness (QED) is 0.323. The van der Waals surface area contributed by atoms with Gasteiger partial charge in [0.2, 0.25) is 0 Å². The van der Waals surface area contributed by atoms with Crippen molar-refractivity contribution in [2.45, 2.75) is 38.7 Å². The maximum Gasteiger partial charge on any atom is 0.191 e. The van der Waals surface area contributed by atoms with Gasteiger partial charge in [-0.2, -0.15) is 0 Å². The van der Waals surface area contributed by atoms with E-state index in [1.165, 1.54) is 31.4 Å². The first-order valence-electron chi connectivity index (χ1n) is 8.92. The average Bonchev–Trinajstić information content (AvgIpc) is 2.56. The second-order valence-corrected chi connectivity index (χ2v) is 6.79. The summed E-state index contributed by atoms with van der Waals surface area (Å²) in [5.74, 6) is 1.00. The van der Waals surface area contributed by atoms with Gasteiger partial charge in [0.05, 0.1) is 6.54 Å². The van der Waals surface area contributed by atoms with E-state index in [-0.39, 0.29) is 35.9 Å². The Balaban J connectivity index is 0.00000338. The van der Waals surface area contributed by atoms with E-state index in [0.717, 1.165) is 25.5 Å². The van der Waals surface area contributed by atoms with Crippen molar-refractivity contribution in [2.75, 3.05) is 33.9 Å². The number of guanidine groups is 1. The highest BCUT2D eigenvalue weighted by Gasteiger charge is 2.36. The zero-order chi connectivity index (χ0) is 18.1. The summed E-state index contributed by atoms with van der Waals surface area (Å²) in [5.41, 5.74) is 0.331. The van der Waals surface area contributed by atoms with Gasteiger partial charge in [-0.15, -0.1) is 24.0 Å². The van der Waals surface area contributed by atoms with E-state index in [9.17, 15) is 4.39 Å². The molecular formula is C19H31FIN3O2. The van der Waals surface area contributed by atoms with Gasteiger partial charge >= 0.3 is 0 Å². The second-order valence-electron chi connectivity index (χ2n) is 6.79. The number of hydrogen-bond acceptors (Lipinski definition) is 3. The van der Waals surface area contributed by atoms with Crippen LogP contribution in [0.4, 0.5) is 4.39 Å². The molecule has 0 amide bonds. The van der Waals surface area contributed by atoms with Crippen LogP contribution in [0.5, 0.6) is 5.75 Å². The summed E-state index contributed by atoms with van der Waals surface area (Å²) >= 11 is 0. The molecule has 0 spiro atoms. The Labute approximate surface area is 173 Å². The van der Waals surface area contributed by atoms with E-state index in [2.05, 4.69) is 15.6 Å². The number of rotatable bonds is 9. The van der Waals surface area contributed by atoms with Crippen LogP contribution in [0.3, 0.4) is 0 Å². The number of nitrogens with zero attached hydrogens (tertiary/aromatic N) is 1. The van der Waals surface area contributed by atoms with Crippen LogP contribution < -0.4 is 15.4 Å². The van der Waals surface area contributed by atoms with Gasteiger partial charge in [-0.05, 0) is 43.7 Å². The van der Waals surface area contributed by atoms with Crippen molar-refractivity contribution in [3.8, 4) is 5.75 Å². The SMILES string of the molecule is CN=C(NCC(C)Oc1cccc(F)c1)NCC1(CCOC)CCC1.I.